The van der Waals surface area contributed by atoms with Crippen LogP contribution in [0.25, 0.3) is 0 Å². The molecular weight excluding hydrogens is 297 g/mol. The molecule has 1 aromatic rings. The number of carbonyl (C=O) groups is 1. The predicted octanol–water partition coefficient (Wildman–Crippen LogP) is 4.70. The van der Waals surface area contributed by atoms with Crippen molar-refractivity contribution in [2.75, 3.05) is 5.73 Å². The first-order chi connectivity index (χ1) is 9.52. The molecule has 1 saturated carbocycles. The van der Waals surface area contributed by atoms with Crippen molar-refractivity contribution in [1.82, 2.24) is 0 Å². The molecule has 0 bridgehead atoms. The third-order valence-corrected chi connectivity index (χ3v) is 4.47. The van der Waals surface area contributed by atoms with E-state index in [-0.39, 0.29) is 22.4 Å². The minimum absolute atomic E-state index is 0.0293. The summed E-state index contributed by atoms with van der Waals surface area (Å²) in [7, 11) is 0. The summed E-state index contributed by atoms with van der Waals surface area (Å²) in [5, 5.41) is 0.659. The van der Waals surface area contributed by atoms with Crippen LogP contribution in [0, 0.1) is 5.92 Å². The SMILES string of the molecule is CCC1CCCCC1OC(=O)c1cc(Cl)cc(Cl)c1N. The van der Waals surface area contributed by atoms with Crippen LogP contribution >= 0.6 is 23.2 Å². The molecule has 2 N–H and O–H groups in total. The van der Waals surface area contributed by atoms with Crippen LogP contribution in [0.15, 0.2) is 12.1 Å². The smallest absolute Gasteiger partial charge is 0.340 e. The lowest BCUT2D eigenvalue weighted by molar-refractivity contribution is 0.000821. The number of rotatable bonds is 3. The van der Waals surface area contributed by atoms with Crippen molar-refractivity contribution in [2.45, 2.75) is 45.1 Å². The second-order valence-electron chi connectivity index (χ2n) is 5.25. The minimum atomic E-state index is -0.433. The molecule has 0 saturated heterocycles. The van der Waals surface area contributed by atoms with Gasteiger partial charge in [0.05, 0.1) is 16.3 Å². The Morgan fingerprint density at radius 2 is 2.05 bits per heavy atom. The maximum atomic E-state index is 12.3. The van der Waals surface area contributed by atoms with E-state index in [1.165, 1.54) is 18.6 Å². The summed E-state index contributed by atoms with van der Waals surface area (Å²) < 4.78 is 5.64. The molecule has 20 heavy (non-hydrogen) atoms. The van der Waals surface area contributed by atoms with Crippen molar-refractivity contribution < 1.29 is 9.53 Å². The van der Waals surface area contributed by atoms with Gasteiger partial charge in [0.2, 0.25) is 0 Å². The Balaban J connectivity index is 2.15. The monoisotopic (exact) mass is 315 g/mol. The Kier molecular flexibility index (Phi) is 5.17. The van der Waals surface area contributed by atoms with Crippen LogP contribution < -0.4 is 5.73 Å². The first-order valence-corrected chi connectivity index (χ1v) is 7.74. The Morgan fingerprint density at radius 1 is 1.35 bits per heavy atom. The molecule has 0 spiro atoms. The lowest BCUT2D eigenvalue weighted by Gasteiger charge is -2.30. The molecule has 0 amide bonds. The van der Waals surface area contributed by atoms with Gasteiger partial charge in [-0.15, -0.1) is 0 Å². The molecule has 0 aliphatic heterocycles. The number of anilines is 1. The van der Waals surface area contributed by atoms with Crippen molar-refractivity contribution in [1.29, 1.82) is 0 Å². The summed E-state index contributed by atoms with van der Waals surface area (Å²) in [6, 6.07) is 3.03. The first kappa shape index (κ1) is 15.5. The number of esters is 1. The zero-order valence-electron chi connectivity index (χ0n) is 11.5. The highest BCUT2D eigenvalue weighted by atomic mass is 35.5. The van der Waals surface area contributed by atoms with Crippen LogP contribution in [0.1, 0.15) is 49.4 Å². The van der Waals surface area contributed by atoms with Gasteiger partial charge in [-0.1, -0.05) is 36.5 Å². The maximum absolute atomic E-state index is 12.3. The summed E-state index contributed by atoms with van der Waals surface area (Å²) >= 11 is 11.9. The Bertz CT molecular complexity index is 505. The van der Waals surface area contributed by atoms with E-state index in [1.807, 2.05) is 0 Å². The fraction of sp³-hybridized carbons (Fsp3) is 0.533. The Labute approximate surface area is 129 Å². The van der Waals surface area contributed by atoms with Gasteiger partial charge in [-0.2, -0.15) is 0 Å². The number of halogens is 2. The maximum Gasteiger partial charge on any atom is 0.340 e. The van der Waals surface area contributed by atoms with Crippen LogP contribution in [0.5, 0.6) is 0 Å². The number of nitrogen functional groups attached to an aromatic ring is 1. The highest BCUT2D eigenvalue weighted by molar-refractivity contribution is 6.37. The summed E-state index contributed by atoms with van der Waals surface area (Å²) in [5.41, 5.74) is 6.31. The fourth-order valence-corrected chi connectivity index (χ4v) is 3.24. The Morgan fingerprint density at radius 3 is 2.75 bits per heavy atom. The highest BCUT2D eigenvalue weighted by Gasteiger charge is 2.28. The first-order valence-electron chi connectivity index (χ1n) is 6.98. The number of benzene rings is 1. The molecule has 5 heteroatoms. The molecule has 1 fully saturated rings. The number of hydrogen-bond donors (Lipinski definition) is 1. The zero-order valence-corrected chi connectivity index (χ0v) is 13.0. The van der Waals surface area contributed by atoms with E-state index in [9.17, 15) is 4.79 Å². The van der Waals surface area contributed by atoms with Gasteiger partial charge >= 0.3 is 5.97 Å². The molecule has 0 heterocycles. The van der Waals surface area contributed by atoms with E-state index in [0.29, 0.717) is 10.9 Å². The molecule has 3 nitrogen and oxygen atoms in total. The van der Waals surface area contributed by atoms with E-state index in [2.05, 4.69) is 6.92 Å². The number of ether oxygens (including phenoxy) is 1. The van der Waals surface area contributed by atoms with Gasteiger partial charge in [-0.3, -0.25) is 0 Å². The number of carbonyl (C=O) groups excluding carboxylic acids is 1. The lowest BCUT2D eigenvalue weighted by Crippen LogP contribution is -2.30. The van der Waals surface area contributed by atoms with Crippen molar-refractivity contribution in [2.24, 2.45) is 5.92 Å². The summed E-state index contributed by atoms with van der Waals surface area (Å²) in [4.78, 5) is 12.3. The molecule has 110 valence electrons. The molecule has 2 rings (SSSR count). The Hall–Kier alpha value is -0.930. The van der Waals surface area contributed by atoms with Gasteiger partial charge < -0.3 is 10.5 Å². The summed E-state index contributed by atoms with van der Waals surface area (Å²) in [5.74, 6) is 0.000769. The number of nitrogens with two attached hydrogens (primary N) is 1. The van der Waals surface area contributed by atoms with Gasteiger partial charge in [-0.25, -0.2) is 4.79 Å². The average molecular weight is 316 g/mol. The summed E-state index contributed by atoms with van der Waals surface area (Å²) in [6.45, 7) is 2.13. The largest absolute Gasteiger partial charge is 0.458 e. The molecule has 0 radical (unpaired) electrons. The van der Waals surface area contributed by atoms with Gasteiger partial charge in [0.25, 0.3) is 0 Å². The van der Waals surface area contributed by atoms with E-state index in [0.717, 1.165) is 25.7 Å². The lowest BCUT2D eigenvalue weighted by atomic mass is 9.85. The third kappa shape index (κ3) is 3.39. The van der Waals surface area contributed by atoms with Crippen molar-refractivity contribution in [3.63, 3.8) is 0 Å². The van der Waals surface area contributed by atoms with Crippen molar-refractivity contribution in [3.05, 3.63) is 27.7 Å². The van der Waals surface area contributed by atoms with Crippen molar-refractivity contribution in [3.8, 4) is 0 Å². The van der Waals surface area contributed by atoms with Crippen LogP contribution in [0.4, 0.5) is 5.69 Å². The van der Waals surface area contributed by atoms with E-state index in [1.54, 1.807) is 0 Å². The average Bonchev–Trinajstić information content (AvgIpc) is 2.43. The van der Waals surface area contributed by atoms with E-state index >= 15 is 0 Å². The number of hydrogen-bond acceptors (Lipinski definition) is 3. The topological polar surface area (TPSA) is 52.3 Å². The van der Waals surface area contributed by atoms with Gasteiger partial charge in [0.1, 0.15) is 6.10 Å². The summed E-state index contributed by atoms with van der Waals surface area (Å²) in [6.07, 6.45) is 5.32. The second-order valence-corrected chi connectivity index (χ2v) is 6.09. The standard InChI is InChI=1S/C15H19Cl2NO2/c1-2-9-5-3-4-6-13(9)20-15(19)11-7-10(16)8-12(17)14(11)18/h7-9,13H,2-6,18H2,1H3. The quantitative estimate of drug-likeness (QED) is 0.649. The van der Waals surface area contributed by atoms with Crippen LogP contribution in [-0.4, -0.2) is 12.1 Å². The van der Waals surface area contributed by atoms with Gasteiger partial charge in [0, 0.05) is 5.02 Å². The van der Waals surface area contributed by atoms with Crippen molar-refractivity contribution >= 4 is 34.9 Å². The molecule has 0 aromatic heterocycles. The molecule has 1 aliphatic carbocycles. The van der Waals surface area contributed by atoms with Crippen LogP contribution in [0.2, 0.25) is 10.0 Å². The van der Waals surface area contributed by atoms with Gasteiger partial charge in [-0.05, 0) is 43.7 Å². The highest BCUT2D eigenvalue weighted by Crippen LogP contribution is 2.32. The second kappa shape index (κ2) is 6.68. The fourth-order valence-electron chi connectivity index (χ4n) is 2.75. The van der Waals surface area contributed by atoms with Gasteiger partial charge in [0.15, 0.2) is 0 Å². The normalized spacial score (nSPS) is 22.6. The van der Waals surface area contributed by atoms with E-state index in [4.69, 9.17) is 33.7 Å². The molecular formula is C15H19Cl2NO2. The van der Waals surface area contributed by atoms with Crippen LogP contribution in [-0.2, 0) is 4.74 Å². The minimum Gasteiger partial charge on any atom is -0.458 e. The van der Waals surface area contributed by atoms with Crippen LogP contribution in [0.3, 0.4) is 0 Å². The van der Waals surface area contributed by atoms with E-state index < -0.39 is 5.97 Å². The predicted molar refractivity (Wildman–Crippen MR) is 82.3 cm³/mol. The molecule has 2 atom stereocenters. The third-order valence-electron chi connectivity index (χ3n) is 3.94. The zero-order chi connectivity index (χ0) is 14.7. The molecule has 2 unspecified atom stereocenters. The molecule has 1 aromatic carbocycles. The molecule has 1 aliphatic rings.